The van der Waals surface area contributed by atoms with Crippen molar-refractivity contribution >= 4 is 55.6 Å². The Balaban J connectivity index is 0.00000263. The topological polar surface area (TPSA) is 217 Å². The van der Waals surface area contributed by atoms with E-state index in [-0.39, 0.29) is 44.9 Å². The summed E-state index contributed by atoms with van der Waals surface area (Å²) in [5.74, 6) is -1.87. The maximum absolute atomic E-state index is 13.8. The minimum Gasteiger partial charge on any atom is -0.545 e. The summed E-state index contributed by atoms with van der Waals surface area (Å²) in [7, 11) is 0. The Hall–Kier alpha value is -6.74. The fraction of sp³-hybridized carbons (Fsp3) is 0.239. The largest absolute Gasteiger partial charge is 4.00 e. The smallest absolute Gasteiger partial charge is 0.545 e. The van der Waals surface area contributed by atoms with Crippen LogP contribution in [0.4, 0.5) is 16.2 Å². The van der Waals surface area contributed by atoms with E-state index in [9.17, 15) is 24.3 Å². The van der Waals surface area contributed by atoms with Gasteiger partial charge >= 0.3 is 32.1 Å². The molecule has 0 saturated carbocycles. The van der Waals surface area contributed by atoms with Crippen molar-refractivity contribution < 1.29 is 58.8 Å². The van der Waals surface area contributed by atoms with Crippen molar-refractivity contribution in [3.63, 3.8) is 0 Å². The van der Waals surface area contributed by atoms with Gasteiger partial charge in [-0.1, -0.05) is 72.8 Å². The van der Waals surface area contributed by atoms with Crippen LogP contribution in [0.25, 0.3) is 0 Å². The number of carbonyl (C=O) groups is 4. The van der Waals surface area contributed by atoms with Gasteiger partial charge in [0.1, 0.15) is 6.04 Å². The standard InChI is InChI=1S/C43H47N7O5.3CHO.Tc/c1-31-13-5-6-18-37(31)49-43(55)46-34-22-20-32(21-23-34)27-40(51)47-38(42(54)48-39(28-41(52)53)33-14-3-2-4-15-33)19-9-12-26-50(29-35-16-7-10-24-44-35)30-36-17-8-11-25-45-36;3*1-2;/h2-8,10-11,13-18,20-25,38-39H,9,12,19,26-30H2,1H3,(H,47,51)(H,48,54)(H,52,53)(H2,46,49,55);3*1H;/q;3*-1;+4/t38-,39-;;;;/m0..../s1. The molecule has 0 bridgehead atoms. The zero-order valence-electron chi connectivity index (χ0n) is 34.2. The van der Waals surface area contributed by atoms with E-state index < -0.39 is 24.0 Å². The summed E-state index contributed by atoms with van der Waals surface area (Å²) < 4.78 is 0. The number of benzene rings is 3. The third-order valence-corrected chi connectivity index (χ3v) is 8.96. The first kappa shape index (κ1) is 53.3. The summed E-state index contributed by atoms with van der Waals surface area (Å²) in [6.45, 7) is 13.6. The molecule has 2 aromatic heterocycles. The first-order valence-corrected chi connectivity index (χ1v) is 19.0. The number of carboxylic acids is 1. The van der Waals surface area contributed by atoms with Crippen LogP contribution in [0.3, 0.4) is 0 Å². The Morgan fingerprint density at radius 3 is 1.79 bits per heavy atom. The number of aryl methyl sites for hydroxylation is 1. The summed E-state index contributed by atoms with van der Waals surface area (Å²) in [5.41, 5.74) is 5.41. The minimum absolute atomic E-state index is 0. The van der Waals surface area contributed by atoms with Crippen LogP contribution in [0.2, 0.25) is 0 Å². The van der Waals surface area contributed by atoms with Gasteiger partial charge in [-0.2, -0.15) is 0 Å². The number of carbonyl (C=O) groups excluding carboxylic acids is 6. The van der Waals surface area contributed by atoms with Gasteiger partial charge in [-0.3, -0.25) is 49.6 Å². The van der Waals surface area contributed by atoms with E-state index in [1.165, 1.54) is 0 Å². The first-order chi connectivity index (χ1) is 29.7. The number of pyridine rings is 2. The molecule has 0 unspecified atom stereocenters. The Bertz CT molecular complexity index is 2000. The average molecular weight is 927 g/mol. The van der Waals surface area contributed by atoms with Crippen molar-refractivity contribution in [2.75, 3.05) is 17.2 Å². The second-order valence-electron chi connectivity index (χ2n) is 13.3. The number of para-hydroxylation sites is 1. The van der Waals surface area contributed by atoms with Crippen molar-refractivity contribution in [2.45, 2.75) is 64.2 Å². The molecule has 0 aliphatic rings. The SMILES string of the molecule is Cc1ccccc1NC(=O)Nc1ccc(CC(=O)N[C@@H](CCCCN(Cc2ccccn2)Cc2ccccn2)C(=O)N[C@@H](CC(=O)O)c2ccccc2)cc1.[CH-]=O.[CH-]=O.[CH-]=O.[Tc+4]. The normalized spacial score (nSPS) is 10.8. The molecule has 62 heavy (non-hydrogen) atoms. The predicted octanol–water partition coefficient (Wildman–Crippen LogP) is 5.84. The number of amides is 4. The quantitative estimate of drug-likeness (QED) is 0.0377. The van der Waals surface area contributed by atoms with Gasteiger partial charge in [-0.15, -0.1) is 0 Å². The number of hydrogen-bond donors (Lipinski definition) is 5. The van der Waals surface area contributed by atoms with Gasteiger partial charge in [0.25, 0.3) is 0 Å². The summed E-state index contributed by atoms with van der Waals surface area (Å²) in [5, 5.41) is 21.1. The molecule has 2 heterocycles. The number of unbranched alkanes of at least 4 members (excludes halogenated alkanes) is 1. The maximum Gasteiger partial charge on any atom is 4.00 e. The Morgan fingerprint density at radius 2 is 1.24 bits per heavy atom. The van der Waals surface area contributed by atoms with E-state index in [4.69, 9.17) is 14.4 Å². The van der Waals surface area contributed by atoms with E-state index in [0.29, 0.717) is 55.0 Å². The van der Waals surface area contributed by atoms with Gasteiger partial charge in [0.2, 0.25) is 11.8 Å². The zero-order chi connectivity index (χ0) is 44.8. The van der Waals surface area contributed by atoms with Gasteiger partial charge < -0.3 is 40.8 Å². The third-order valence-electron chi connectivity index (χ3n) is 8.96. The number of aromatic nitrogens is 2. The van der Waals surface area contributed by atoms with Crippen LogP contribution in [0.1, 0.15) is 59.8 Å². The number of urea groups is 1. The van der Waals surface area contributed by atoms with Crippen LogP contribution < -0.4 is 21.3 Å². The van der Waals surface area contributed by atoms with Crippen molar-refractivity contribution in [1.82, 2.24) is 25.5 Å². The third kappa shape index (κ3) is 20.0. The molecular weight excluding hydrogens is 877 g/mol. The fourth-order valence-corrected chi connectivity index (χ4v) is 6.13. The number of nitrogens with one attached hydrogen (secondary N) is 4. The van der Waals surface area contributed by atoms with Gasteiger partial charge in [-0.05, 0) is 91.9 Å². The van der Waals surface area contributed by atoms with Crippen LogP contribution >= 0.6 is 0 Å². The number of anilines is 2. The molecule has 0 spiro atoms. The predicted molar refractivity (Wildman–Crippen MR) is 232 cm³/mol. The van der Waals surface area contributed by atoms with E-state index in [1.54, 1.807) is 60.9 Å². The van der Waals surface area contributed by atoms with Crippen molar-refractivity contribution in [3.8, 4) is 0 Å². The average Bonchev–Trinajstić information content (AvgIpc) is 3.29. The number of carboxylic acid groups (broad SMARTS) is 1. The molecule has 5 aromatic rings. The first-order valence-electron chi connectivity index (χ1n) is 19.0. The fourth-order valence-electron chi connectivity index (χ4n) is 6.13. The summed E-state index contributed by atoms with van der Waals surface area (Å²) in [6, 6.07) is 32.9. The molecule has 0 fully saturated rings. The second-order valence-corrected chi connectivity index (χ2v) is 13.3. The maximum atomic E-state index is 13.8. The molecule has 3 aromatic carbocycles. The van der Waals surface area contributed by atoms with Crippen LogP contribution in [-0.4, -0.2) is 76.7 Å². The van der Waals surface area contributed by atoms with E-state index in [2.05, 4.69) is 56.5 Å². The molecule has 4 amide bonds. The molecule has 0 aliphatic carbocycles. The molecule has 323 valence electrons. The van der Waals surface area contributed by atoms with Gasteiger partial charge in [0.05, 0.1) is 30.3 Å². The molecule has 1 radical (unpaired) electrons. The monoisotopic (exact) mass is 925 g/mol. The van der Waals surface area contributed by atoms with Crippen molar-refractivity contribution in [2.24, 2.45) is 0 Å². The summed E-state index contributed by atoms with van der Waals surface area (Å²) >= 11 is 0. The van der Waals surface area contributed by atoms with E-state index >= 15 is 0 Å². The molecule has 15 nitrogen and oxygen atoms in total. The molecule has 5 rings (SSSR count). The van der Waals surface area contributed by atoms with Crippen LogP contribution in [0, 0.1) is 6.92 Å². The van der Waals surface area contributed by atoms with Crippen LogP contribution in [0.15, 0.2) is 128 Å². The molecule has 16 heteroatoms. The van der Waals surface area contributed by atoms with E-state index in [0.717, 1.165) is 23.4 Å². The van der Waals surface area contributed by atoms with Crippen molar-refractivity contribution in [1.29, 1.82) is 0 Å². The number of nitrogens with zero attached hydrogens (tertiary/aromatic N) is 3. The van der Waals surface area contributed by atoms with Crippen LogP contribution in [0.5, 0.6) is 0 Å². The van der Waals surface area contributed by atoms with Crippen LogP contribution in [-0.2, 0) is 68.4 Å². The molecule has 0 aliphatic heterocycles. The number of aliphatic carboxylic acids is 1. The summed E-state index contributed by atoms with van der Waals surface area (Å²) in [4.78, 5) is 86.0. The number of rotatable bonds is 19. The van der Waals surface area contributed by atoms with Gasteiger partial charge in [0, 0.05) is 36.9 Å². The minimum atomic E-state index is -1.05. The zero-order valence-corrected chi connectivity index (χ0v) is 36.1. The molecule has 5 N–H and O–H groups in total. The van der Waals surface area contributed by atoms with E-state index in [1.807, 2.05) is 73.7 Å². The summed E-state index contributed by atoms with van der Waals surface area (Å²) in [6.07, 6.45) is 4.90. The molecule has 2 atom stereocenters. The second kappa shape index (κ2) is 31.2. The van der Waals surface area contributed by atoms with Gasteiger partial charge in [0.15, 0.2) is 0 Å². The van der Waals surface area contributed by atoms with Crippen molar-refractivity contribution in [3.05, 3.63) is 156 Å². The van der Waals surface area contributed by atoms with Gasteiger partial charge in [-0.25, -0.2) is 4.79 Å². The Kier molecular flexibility index (Phi) is 26.8. The molecular formula is C46H50N7O8Tc+. The number of hydrogen-bond acceptors (Lipinski definition) is 10. The Morgan fingerprint density at radius 1 is 0.677 bits per heavy atom. The molecule has 0 saturated heterocycles. The Labute approximate surface area is 375 Å².